The number of alkyl halides is 1. The summed E-state index contributed by atoms with van der Waals surface area (Å²) in [6.07, 6.45) is 1.05. The summed E-state index contributed by atoms with van der Waals surface area (Å²) in [5.41, 5.74) is 0.948. The Bertz CT molecular complexity index is 787. The van der Waals surface area contributed by atoms with Gasteiger partial charge in [0, 0.05) is 19.6 Å². The highest BCUT2D eigenvalue weighted by Crippen LogP contribution is 2.33. The van der Waals surface area contributed by atoms with Gasteiger partial charge in [0.25, 0.3) is 0 Å². The van der Waals surface area contributed by atoms with E-state index in [1.165, 1.54) is 0 Å². The second-order valence-corrected chi connectivity index (χ2v) is 8.22. The third-order valence-electron chi connectivity index (χ3n) is 5.77. The van der Waals surface area contributed by atoms with Crippen LogP contribution in [-0.2, 0) is 4.79 Å². The highest BCUT2D eigenvalue weighted by atomic mass is 35.5. The topological polar surface area (TPSA) is 49.8 Å². The van der Waals surface area contributed by atoms with Crippen LogP contribution in [0.15, 0.2) is 54.6 Å². The van der Waals surface area contributed by atoms with Gasteiger partial charge >= 0.3 is 5.97 Å². The number of esters is 1. The molecule has 0 saturated carbocycles. The molecule has 2 aromatic rings. The molecule has 2 atom stereocenters. The van der Waals surface area contributed by atoms with Crippen LogP contribution < -0.4 is 4.74 Å². The van der Waals surface area contributed by atoms with E-state index >= 15 is 0 Å². The van der Waals surface area contributed by atoms with Gasteiger partial charge in [-0.1, -0.05) is 48.5 Å². The minimum atomic E-state index is -1.05. The van der Waals surface area contributed by atoms with Crippen LogP contribution in [0.25, 0.3) is 0 Å². The number of para-hydroxylation sites is 1. The van der Waals surface area contributed by atoms with Crippen molar-refractivity contribution in [3.63, 3.8) is 0 Å². The van der Waals surface area contributed by atoms with Crippen molar-refractivity contribution in [2.75, 3.05) is 19.6 Å². The molecule has 1 heterocycles. The first-order chi connectivity index (χ1) is 13.4. The minimum Gasteiger partial charge on any atom is -0.426 e. The fraction of sp³-hybridized carbons (Fsp3) is 0.435. The maximum absolute atomic E-state index is 12.6. The molecule has 2 unspecified atom stereocenters. The molecule has 1 aliphatic heterocycles. The lowest BCUT2D eigenvalue weighted by atomic mass is 9.80. The van der Waals surface area contributed by atoms with Gasteiger partial charge < -0.3 is 14.7 Å². The number of rotatable bonds is 6. The average molecular weight is 402 g/mol. The van der Waals surface area contributed by atoms with E-state index in [9.17, 15) is 9.90 Å². The van der Waals surface area contributed by atoms with E-state index in [-0.39, 0.29) is 11.3 Å². The zero-order valence-electron chi connectivity index (χ0n) is 16.5. The Morgan fingerprint density at radius 3 is 2.39 bits per heavy atom. The molecule has 0 amide bonds. The van der Waals surface area contributed by atoms with Crippen LogP contribution in [0.3, 0.4) is 0 Å². The van der Waals surface area contributed by atoms with Crippen molar-refractivity contribution in [1.82, 2.24) is 4.90 Å². The molecular formula is C23H28ClNO3. The van der Waals surface area contributed by atoms with E-state index < -0.39 is 11.5 Å². The van der Waals surface area contributed by atoms with Crippen LogP contribution in [0.5, 0.6) is 5.75 Å². The van der Waals surface area contributed by atoms with Gasteiger partial charge in [-0.2, -0.15) is 0 Å². The summed E-state index contributed by atoms with van der Waals surface area (Å²) >= 11 is 6.55. The molecule has 150 valence electrons. The van der Waals surface area contributed by atoms with Gasteiger partial charge in [0.1, 0.15) is 5.75 Å². The lowest BCUT2D eigenvalue weighted by molar-refractivity contribution is -0.151. The summed E-state index contributed by atoms with van der Waals surface area (Å²) in [5.74, 6) is -0.423. The Morgan fingerprint density at radius 2 is 1.75 bits per heavy atom. The van der Waals surface area contributed by atoms with E-state index in [1.807, 2.05) is 55.5 Å². The van der Waals surface area contributed by atoms with Gasteiger partial charge in [-0.15, -0.1) is 11.6 Å². The molecule has 1 N–H and O–H groups in total. The molecular weight excluding hydrogens is 374 g/mol. The Balaban J connectivity index is 1.54. The van der Waals surface area contributed by atoms with Gasteiger partial charge in [-0.3, -0.25) is 4.79 Å². The zero-order valence-corrected chi connectivity index (χ0v) is 17.2. The van der Waals surface area contributed by atoms with E-state index in [1.54, 1.807) is 13.0 Å². The molecule has 2 aromatic carbocycles. The largest absolute Gasteiger partial charge is 0.426 e. The van der Waals surface area contributed by atoms with Crippen molar-refractivity contribution in [3.8, 4) is 5.75 Å². The van der Waals surface area contributed by atoms with Gasteiger partial charge in [-0.25, -0.2) is 0 Å². The number of aliphatic hydroxyl groups is 1. The van der Waals surface area contributed by atoms with Crippen LogP contribution >= 0.6 is 11.6 Å². The molecule has 28 heavy (non-hydrogen) atoms. The number of carbonyl (C=O) groups excluding carboxylic acids is 1. The number of hydrogen-bond donors (Lipinski definition) is 1. The summed E-state index contributed by atoms with van der Waals surface area (Å²) in [6.45, 7) is 5.78. The normalized spacial score (nSPS) is 19.0. The second-order valence-electron chi connectivity index (χ2n) is 7.69. The molecule has 0 aliphatic carbocycles. The first-order valence-corrected chi connectivity index (χ1v) is 10.2. The minimum absolute atomic E-state index is 0.0872. The first-order valence-electron chi connectivity index (χ1n) is 9.80. The molecule has 0 spiro atoms. The maximum Gasteiger partial charge on any atom is 0.316 e. The van der Waals surface area contributed by atoms with E-state index in [0.29, 0.717) is 31.7 Å². The highest BCUT2D eigenvalue weighted by molar-refractivity contribution is 6.21. The molecule has 5 heteroatoms. The van der Waals surface area contributed by atoms with Crippen LogP contribution in [0, 0.1) is 12.8 Å². The maximum atomic E-state index is 12.6. The van der Waals surface area contributed by atoms with Gasteiger partial charge in [0.15, 0.2) is 0 Å². The molecule has 1 saturated heterocycles. The molecule has 0 radical (unpaired) electrons. The third kappa shape index (κ3) is 4.93. The predicted octanol–water partition coefficient (Wildman–Crippen LogP) is 4.34. The number of nitrogens with zero attached hydrogens (tertiary/aromatic N) is 1. The SMILES string of the molecule is Cc1ccccc1OC(=O)C(C)C1(O)CCN(CC(Cl)c2ccccc2)CC1. The Labute approximate surface area is 172 Å². The fourth-order valence-corrected chi connectivity index (χ4v) is 3.98. The Hall–Kier alpha value is -1.88. The molecule has 0 bridgehead atoms. The van der Waals surface area contributed by atoms with Crippen molar-refractivity contribution in [3.05, 3.63) is 65.7 Å². The smallest absolute Gasteiger partial charge is 0.316 e. The van der Waals surface area contributed by atoms with Crippen LogP contribution in [0.1, 0.15) is 36.3 Å². The number of benzene rings is 2. The molecule has 3 rings (SSSR count). The number of likely N-dealkylation sites (tertiary alicyclic amines) is 1. The van der Waals surface area contributed by atoms with Gasteiger partial charge in [0.2, 0.25) is 0 Å². The summed E-state index contributed by atoms with van der Waals surface area (Å²) in [5, 5.41) is 11.0. The molecule has 1 aliphatic rings. The average Bonchev–Trinajstić information content (AvgIpc) is 2.71. The lowest BCUT2D eigenvalue weighted by Crippen LogP contribution is -2.51. The van der Waals surface area contributed by atoms with Crippen molar-refractivity contribution >= 4 is 17.6 Å². The lowest BCUT2D eigenvalue weighted by Gasteiger charge is -2.41. The first kappa shape index (κ1) is 20.8. The van der Waals surface area contributed by atoms with E-state index in [4.69, 9.17) is 16.3 Å². The quantitative estimate of drug-likeness (QED) is 0.444. The van der Waals surface area contributed by atoms with Crippen LogP contribution in [0.2, 0.25) is 0 Å². The predicted molar refractivity (Wildman–Crippen MR) is 112 cm³/mol. The van der Waals surface area contributed by atoms with Crippen molar-refractivity contribution in [1.29, 1.82) is 0 Å². The summed E-state index contributed by atoms with van der Waals surface area (Å²) in [6, 6.07) is 17.4. The van der Waals surface area contributed by atoms with Gasteiger partial charge in [-0.05, 0) is 43.9 Å². The Kier molecular flexibility index (Phi) is 6.76. The summed E-state index contributed by atoms with van der Waals surface area (Å²) in [7, 11) is 0. The van der Waals surface area contributed by atoms with Crippen molar-refractivity contribution < 1.29 is 14.6 Å². The number of hydrogen-bond acceptors (Lipinski definition) is 4. The van der Waals surface area contributed by atoms with Crippen LogP contribution in [-0.4, -0.2) is 41.2 Å². The molecule has 1 fully saturated rings. The summed E-state index contributed by atoms with van der Waals surface area (Å²) < 4.78 is 5.54. The monoisotopic (exact) mass is 401 g/mol. The van der Waals surface area contributed by atoms with Crippen molar-refractivity contribution in [2.45, 2.75) is 37.7 Å². The number of carbonyl (C=O) groups is 1. The Morgan fingerprint density at radius 1 is 1.14 bits per heavy atom. The van der Waals surface area contributed by atoms with E-state index in [0.717, 1.165) is 17.7 Å². The number of halogens is 1. The van der Waals surface area contributed by atoms with E-state index in [2.05, 4.69) is 4.90 Å². The van der Waals surface area contributed by atoms with Crippen molar-refractivity contribution in [2.24, 2.45) is 5.92 Å². The number of piperidine rings is 1. The summed E-state index contributed by atoms with van der Waals surface area (Å²) in [4.78, 5) is 14.8. The standard InChI is InChI=1S/C23H28ClNO3/c1-17-8-6-7-11-21(17)28-22(26)18(2)23(27)12-14-25(15-13-23)16-20(24)19-9-4-3-5-10-19/h3-11,18,20,27H,12-16H2,1-2H3. The molecule has 0 aromatic heterocycles. The fourth-order valence-electron chi connectivity index (χ4n) is 3.64. The molecule has 4 nitrogen and oxygen atoms in total. The number of ether oxygens (including phenoxy) is 1. The van der Waals surface area contributed by atoms with Gasteiger partial charge in [0.05, 0.1) is 16.9 Å². The third-order valence-corrected chi connectivity index (χ3v) is 6.16. The van der Waals surface area contributed by atoms with Crippen LogP contribution in [0.4, 0.5) is 0 Å². The second kappa shape index (κ2) is 9.08. The number of aryl methyl sites for hydroxylation is 1. The highest BCUT2D eigenvalue weighted by Gasteiger charge is 2.42. The zero-order chi connectivity index (χ0) is 20.1.